The van der Waals surface area contributed by atoms with Crippen molar-refractivity contribution in [3.63, 3.8) is 0 Å². The molecule has 1 aromatic heterocycles. The molecule has 1 saturated carbocycles. The molecule has 1 amide bonds. The minimum Gasteiger partial charge on any atom is -0.349 e. The largest absolute Gasteiger partial charge is 0.416 e. The molecule has 1 aliphatic rings. The van der Waals surface area contributed by atoms with Crippen molar-refractivity contribution in [2.75, 3.05) is 0 Å². The average molecular weight is 476 g/mol. The zero-order valence-electron chi connectivity index (χ0n) is 18.2. The number of alkyl halides is 3. The molecular formula is C24H24F3N3O2S. The van der Waals surface area contributed by atoms with Crippen LogP contribution in [0.5, 0.6) is 0 Å². The predicted molar refractivity (Wildman–Crippen MR) is 123 cm³/mol. The van der Waals surface area contributed by atoms with Crippen LogP contribution in [-0.4, -0.2) is 21.5 Å². The molecule has 1 aliphatic carbocycles. The molecule has 1 heterocycles. The first kappa shape index (κ1) is 23.2. The van der Waals surface area contributed by atoms with Gasteiger partial charge in [-0.15, -0.1) is 0 Å². The third-order valence-electron chi connectivity index (χ3n) is 6.61. The van der Waals surface area contributed by atoms with Gasteiger partial charge in [-0.2, -0.15) is 13.2 Å². The van der Waals surface area contributed by atoms with Crippen molar-refractivity contribution in [3.05, 3.63) is 68.7 Å². The summed E-state index contributed by atoms with van der Waals surface area (Å²) in [6.07, 6.45) is -1.40. The summed E-state index contributed by atoms with van der Waals surface area (Å²) in [5, 5.41) is 3.32. The fourth-order valence-corrected chi connectivity index (χ4v) is 4.75. The van der Waals surface area contributed by atoms with Gasteiger partial charge in [-0.25, -0.2) is 0 Å². The molecule has 3 atom stereocenters. The summed E-state index contributed by atoms with van der Waals surface area (Å²) >= 11 is 5.28. The van der Waals surface area contributed by atoms with E-state index in [2.05, 4.69) is 24.1 Å². The van der Waals surface area contributed by atoms with Crippen LogP contribution in [0.1, 0.15) is 49.0 Å². The summed E-state index contributed by atoms with van der Waals surface area (Å²) in [5.41, 5.74) is -0.685. The van der Waals surface area contributed by atoms with E-state index in [1.165, 1.54) is 18.2 Å². The van der Waals surface area contributed by atoms with Crippen molar-refractivity contribution < 1.29 is 18.0 Å². The highest BCUT2D eigenvalue weighted by atomic mass is 32.1. The molecule has 9 heteroatoms. The molecule has 5 nitrogen and oxygen atoms in total. The third-order valence-corrected chi connectivity index (χ3v) is 6.90. The monoisotopic (exact) mass is 475 g/mol. The number of aromatic amines is 1. The average Bonchev–Trinajstić information content (AvgIpc) is 2.76. The van der Waals surface area contributed by atoms with Crippen LogP contribution in [0, 0.1) is 16.6 Å². The fourth-order valence-electron chi connectivity index (χ4n) is 4.45. The Kier molecular flexibility index (Phi) is 6.18. The first-order chi connectivity index (χ1) is 15.6. The Hall–Kier alpha value is -2.94. The van der Waals surface area contributed by atoms with Crippen molar-refractivity contribution in [3.8, 4) is 5.69 Å². The van der Waals surface area contributed by atoms with Gasteiger partial charge in [-0.3, -0.25) is 14.2 Å². The zero-order chi connectivity index (χ0) is 23.9. The highest BCUT2D eigenvalue weighted by Crippen LogP contribution is 2.31. The first-order valence-corrected chi connectivity index (χ1v) is 11.2. The van der Waals surface area contributed by atoms with Crippen LogP contribution in [0.3, 0.4) is 0 Å². The Bertz CT molecular complexity index is 1330. The van der Waals surface area contributed by atoms with Crippen LogP contribution in [0.25, 0.3) is 16.6 Å². The molecule has 3 aromatic rings. The van der Waals surface area contributed by atoms with Gasteiger partial charge in [-0.05, 0) is 66.9 Å². The molecule has 0 radical (unpaired) electrons. The van der Waals surface area contributed by atoms with Crippen LogP contribution in [-0.2, 0) is 6.18 Å². The van der Waals surface area contributed by atoms with Crippen LogP contribution < -0.4 is 10.9 Å². The van der Waals surface area contributed by atoms with Gasteiger partial charge >= 0.3 is 6.18 Å². The quantitative estimate of drug-likeness (QED) is 0.483. The van der Waals surface area contributed by atoms with Gasteiger partial charge in [0.05, 0.1) is 22.2 Å². The van der Waals surface area contributed by atoms with Crippen molar-refractivity contribution >= 4 is 29.0 Å². The number of nitrogens with zero attached hydrogens (tertiary/aromatic N) is 1. The maximum atomic E-state index is 13.1. The molecule has 0 aliphatic heterocycles. The molecule has 2 N–H and O–H groups in total. The molecule has 33 heavy (non-hydrogen) atoms. The SMILES string of the molecule is CC1CCCC(NC(=O)c2ccc3c(=O)n(-c4cccc(C(F)(F)F)c4)c(=S)[nH]c3c2)C1C. The second-order valence-corrected chi connectivity index (χ2v) is 9.11. The number of aromatic nitrogens is 2. The van der Waals surface area contributed by atoms with Gasteiger partial charge in [0.2, 0.25) is 0 Å². The minimum atomic E-state index is -4.54. The highest BCUT2D eigenvalue weighted by Gasteiger charge is 2.31. The number of H-pyrrole nitrogens is 1. The van der Waals surface area contributed by atoms with Gasteiger partial charge in [0.1, 0.15) is 0 Å². The van der Waals surface area contributed by atoms with Crippen molar-refractivity contribution in [1.82, 2.24) is 14.9 Å². The second kappa shape index (κ2) is 8.78. The lowest BCUT2D eigenvalue weighted by atomic mass is 9.78. The number of fused-ring (bicyclic) bond motifs is 1. The summed E-state index contributed by atoms with van der Waals surface area (Å²) < 4.78 is 40.3. The van der Waals surface area contributed by atoms with Gasteiger partial charge in [0, 0.05) is 11.6 Å². The van der Waals surface area contributed by atoms with Gasteiger partial charge in [0.25, 0.3) is 11.5 Å². The van der Waals surface area contributed by atoms with Gasteiger partial charge < -0.3 is 10.3 Å². The van der Waals surface area contributed by atoms with Crippen molar-refractivity contribution in [2.45, 2.75) is 45.3 Å². The summed E-state index contributed by atoms with van der Waals surface area (Å²) in [6, 6.07) is 9.11. The maximum Gasteiger partial charge on any atom is 0.416 e. The Morgan fingerprint density at radius 3 is 2.64 bits per heavy atom. The smallest absolute Gasteiger partial charge is 0.349 e. The van der Waals surface area contributed by atoms with E-state index in [0.29, 0.717) is 22.9 Å². The van der Waals surface area contributed by atoms with Crippen molar-refractivity contribution in [1.29, 1.82) is 0 Å². The summed E-state index contributed by atoms with van der Waals surface area (Å²) in [6.45, 7) is 4.33. The molecule has 3 unspecified atom stereocenters. The molecule has 0 saturated heterocycles. The van der Waals surface area contributed by atoms with Crippen LogP contribution in [0.2, 0.25) is 0 Å². The van der Waals surface area contributed by atoms with E-state index < -0.39 is 17.3 Å². The van der Waals surface area contributed by atoms with Crippen molar-refractivity contribution in [2.24, 2.45) is 11.8 Å². The lowest BCUT2D eigenvalue weighted by molar-refractivity contribution is -0.137. The Morgan fingerprint density at radius 1 is 1.15 bits per heavy atom. The number of hydrogen-bond donors (Lipinski definition) is 2. The number of nitrogens with one attached hydrogen (secondary N) is 2. The third kappa shape index (κ3) is 4.59. The standard InChI is InChI=1S/C24H24F3N3O2S/c1-13-5-3-8-19(14(13)2)28-21(31)15-9-10-18-20(11-15)29-23(33)30(22(18)32)17-7-4-6-16(12-17)24(25,26)27/h4,6-7,9-14,19H,3,5,8H2,1-2H3,(H,28,31)(H,29,33). The molecule has 1 fully saturated rings. The van der Waals surface area contributed by atoms with E-state index in [0.717, 1.165) is 36.0 Å². The molecule has 174 valence electrons. The Labute approximate surface area is 193 Å². The zero-order valence-corrected chi connectivity index (χ0v) is 19.0. The normalized spacial score (nSPS) is 21.2. The van der Waals surface area contributed by atoms with E-state index in [4.69, 9.17) is 12.2 Å². The predicted octanol–water partition coefficient (Wildman–Crippen LogP) is 5.62. The van der Waals surface area contributed by atoms with E-state index in [-0.39, 0.29) is 27.8 Å². The highest BCUT2D eigenvalue weighted by molar-refractivity contribution is 7.71. The number of amides is 1. The van der Waals surface area contributed by atoms with E-state index >= 15 is 0 Å². The van der Waals surface area contributed by atoms with E-state index in [1.807, 2.05) is 0 Å². The Balaban J connectivity index is 1.69. The van der Waals surface area contributed by atoms with Crippen LogP contribution >= 0.6 is 12.2 Å². The second-order valence-electron chi connectivity index (χ2n) is 8.73. The summed E-state index contributed by atoms with van der Waals surface area (Å²) in [5.74, 6) is 0.670. The fraction of sp³-hybridized carbons (Fsp3) is 0.375. The summed E-state index contributed by atoms with van der Waals surface area (Å²) in [4.78, 5) is 28.8. The van der Waals surface area contributed by atoms with Gasteiger partial charge in [-0.1, -0.05) is 32.8 Å². The molecule has 2 aromatic carbocycles. The molecular weight excluding hydrogens is 451 g/mol. The first-order valence-electron chi connectivity index (χ1n) is 10.8. The van der Waals surface area contributed by atoms with Crippen LogP contribution in [0.4, 0.5) is 13.2 Å². The minimum absolute atomic E-state index is 0.0141. The number of hydrogen-bond acceptors (Lipinski definition) is 3. The summed E-state index contributed by atoms with van der Waals surface area (Å²) in [7, 11) is 0. The van der Waals surface area contributed by atoms with E-state index in [9.17, 15) is 22.8 Å². The number of carbonyl (C=O) groups excluding carboxylic acids is 1. The number of carbonyl (C=O) groups is 1. The maximum absolute atomic E-state index is 13.1. The number of halogens is 3. The topological polar surface area (TPSA) is 66.9 Å². The van der Waals surface area contributed by atoms with E-state index in [1.54, 1.807) is 12.1 Å². The number of rotatable bonds is 3. The van der Waals surface area contributed by atoms with Crippen LogP contribution in [0.15, 0.2) is 47.3 Å². The molecule has 0 spiro atoms. The van der Waals surface area contributed by atoms with Gasteiger partial charge in [0.15, 0.2) is 4.77 Å². The lowest BCUT2D eigenvalue weighted by Gasteiger charge is -2.34. The number of benzene rings is 2. The molecule has 0 bridgehead atoms. The molecule has 4 rings (SSSR count). The Morgan fingerprint density at radius 2 is 1.91 bits per heavy atom. The lowest BCUT2D eigenvalue weighted by Crippen LogP contribution is -2.43.